The lowest BCUT2D eigenvalue weighted by Gasteiger charge is -2.08. The van der Waals surface area contributed by atoms with E-state index in [0.717, 1.165) is 5.56 Å². The van der Waals surface area contributed by atoms with Crippen LogP contribution in [0.15, 0.2) is 72.3 Å². The molecule has 23 heavy (non-hydrogen) atoms. The van der Waals surface area contributed by atoms with Crippen LogP contribution < -0.4 is 5.32 Å². The zero-order valence-electron chi connectivity index (χ0n) is 12.2. The number of nitrogens with zero attached hydrogens (tertiary/aromatic N) is 2. The molecular weight excluding hydrogens is 286 g/mol. The molecule has 0 radical (unpaired) electrons. The van der Waals surface area contributed by atoms with Gasteiger partial charge in [-0.3, -0.25) is 4.79 Å². The molecule has 2 aromatic carbocycles. The van der Waals surface area contributed by atoms with Crippen molar-refractivity contribution < 1.29 is 4.79 Å². The topological polar surface area (TPSA) is 76.7 Å². The van der Waals surface area contributed by atoms with Crippen LogP contribution >= 0.6 is 0 Å². The summed E-state index contributed by atoms with van der Waals surface area (Å²) in [6.45, 7) is 0. The van der Waals surface area contributed by atoms with Gasteiger partial charge in [-0.2, -0.15) is 10.5 Å². The molecular formula is C19H13N3O. The Hall–Kier alpha value is -3.63. The van der Waals surface area contributed by atoms with E-state index < -0.39 is 0 Å². The first kappa shape index (κ1) is 15.8. The van der Waals surface area contributed by atoms with E-state index in [4.69, 9.17) is 10.5 Å². The first-order valence-electron chi connectivity index (χ1n) is 6.88. The predicted octanol–water partition coefficient (Wildman–Crippen LogP) is 3.93. The van der Waals surface area contributed by atoms with Crippen LogP contribution in [0.3, 0.4) is 0 Å². The molecule has 2 aromatic rings. The van der Waals surface area contributed by atoms with Gasteiger partial charge in [-0.25, -0.2) is 0 Å². The highest BCUT2D eigenvalue weighted by molar-refractivity contribution is 6.05. The number of nitrogens with one attached hydrogen (secondary N) is 1. The lowest BCUT2D eigenvalue weighted by Crippen LogP contribution is -2.12. The Morgan fingerprint density at radius 2 is 1.61 bits per heavy atom. The third-order valence-electron chi connectivity index (χ3n) is 3.02. The molecule has 0 aromatic heterocycles. The summed E-state index contributed by atoms with van der Waals surface area (Å²) in [7, 11) is 0. The smallest absolute Gasteiger partial charge is 0.255 e. The average molecular weight is 299 g/mol. The van der Waals surface area contributed by atoms with E-state index >= 15 is 0 Å². The second kappa shape index (κ2) is 7.97. The fourth-order valence-electron chi connectivity index (χ4n) is 1.89. The van der Waals surface area contributed by atoms with Gasteiger partial charge in [0.25, 0.3) is 5.91 Å². The van der Waals surface area contributed by atoms with Crippen molar-refractivity contribution in [2.24, 2.45) is 0 Å². The molecule has 0 aliphatic carbocycles. The molecule has 0 saturated carbocycles. The Balaban J connectivity index is 2.20. The van der Waals surface area contributed by atoms with Crippen LogP contribution in [0, 0.1) is 22.7 Å². The van der Waals surface area contributed by atoms with E-state index in [1.807, 2.05) is 24.3 Å². The van der Waals surface area contributed by atoms with Crippen LogP contribution in [0.1, 0.15) is 15.9 Å². The zero-order chi connectivity index (χ0) is 16.5. The van der Waals surface area contributed by atoms with E-state index in [1.165, 1.54) is 6.08 Å². The molecule has 0 aliphatic heterocycles. The van der Waals surface area contributed by atoms with Gasteiger partial charge < -0.3 is 5.32 Å². The van der Waals surface area contributed by atoms with Crippen LogP contribution in [-0.2, 0) is 0 Å². The van der Waals surface area contributed by atoms with E-state index in [0.29, 0.717) is 11.3 Å². The SMILES string of the molecule is N#CC(C#N)=CC=Cc1ccccc1NC(=O)c1ccccc1. The molecule has 0 aliphatic rings. The Morgan fingerprint density at radius 3 is 2.30 bits per heavy atom. The minimum Gasteiger partial charge on any atom is -0.321 e. The maximum Gasteiger partial charge on any atom is 0.255 e. The number of carbonyl (C=O) groups is 1. The number of nitriles is 2. The van der Waals surface area contributed by atoms with Gasteiger partial charge in [0.1, 0.15) is 17.7 Å². The second-order valence-electron chi connectivity index (χ2n) is 4.57. The highest BCUT2D eigenvalue weighted by Gasteiger charge is 2.06. The summed E-state index contributed by atoms with van der Waals surface area (Å²) in [5.74, 6) is -0.197. The van der Waals surface area contributed by atoms with Crippen LogP contribution in [-0.4, -0.2) is 5.91 Å². The monoisotopic (exact) mass is 299 g/mol. The van der Waals surface area contributed by atoms with Crippen LogP contribution in [0.25, 0.3) is 6.08 Å². The highest BCUT2D eigenvalue weighted by Crippen LogP contribution is 2.18. The molecule has 2 rings (SSSR count). The first-order chi connectivity index (χ1) is 11.2. The Labute approximate surface area is 134 Å². The minimum atomic E-state index is -0.197. The van der Waals surface area contributed by atoms with E-state index in [1.54, 1.807) is 54.6 Å². The van der Waals surface area contributed by atoms with Crippen LogP contribution in [0.4, 0.5) is 5.69 Å². The second-order valence-corrected chi connectivity index (χ2v) is 4.57. The molecule has 0 fully saturated rings. The third kappa shape index (κ3) is 4.42. The van der Waals surface area contributed by atoms with Crippen molar-refractivity contribution in [2.45, 2.75) is 0 Å². The molecule has 0 heterocycles. The van der Waals surface area contributed by atoms with Crippen molar-refractivity contribution >= 4 is 17.7 Å². The van der Waals surface area contributed by atoms with Gasteiger partial charge in [-0.05, 0) is 29.8 Å². The number of anilines is 1. The molecule has 0 bridgehead atoms. The average Bonchev–Trinajstić information content (AvgIpc) is 2.61. The number of rotatable bonds is 4. The summed E-state index contributed by atoms with van der Waals surface area (Å²) in [4.78, 5) is 12.2. The zero-order valence-corrected chi connectivity index (χ0v) is 12.2. The summed E-state index contributed by atoms with van der Waals surface area (Å²) in [6, 6.07) is 19.8. The molecule has 0 unspecified atom stereocenters. The largest absolute Gasteiger partial charge is 0.321 e. The van der Waals surface area contributed by atoms with Crippen molar-refractivity contribution in [1.29, 1.82) is 10.5 Å². The molecule has 1 N–H and O–H groups in total. The lowest BCUT2D eigenvalue weighted by atomic mass is 10.1. The predicted molar refractivity (Wildman–Crippen MR) is 89.2 cm³/mol. The fraction of sp³-hybridized carbons (Fsp3) is 0. The lowest BCUT2D eigenvalue weighted by molar-refractivity contribution is 0.102. The van der Waals surface area contributed by atoms with E-state index in [-0.39, 0.29) is 11.5 Å². The highest BCUT2D eigenvalue weighted by atomic mass is 16.1. The molecule has 4 nitrogen and oxygen atoms in total. The van der Waals surface area contributed by atoms with Crippen molar-refractivity contribution in [2.75, 3.05) is 5.32 Å². The summed E-state index contributed by atoms with van der Waals surface area (Å²) >= 11 is 0. The quantitative estimate of drug-likeness (QED) is 0.686. The third-order valence-corrected chi connectivity index (χ3v) is 3.02. The normalized spacial score (nSPS) is 9.65. The van der Waals surface area contributed by atoms with Crippen molar-refractivity contribution in [3.8, 4) is 12.1 Å². The molecule has 4 heteroatoms. The number of para-hydroxylation sites is 1. The standard InChI is InChI=1S/C19H13N3O/c20-13-15(14-21)7-6-11-16-8-4-5-12-18(16)22-19(23)17-9-2-1-3-10-17/h1-12H,(H,22,23). The number of carbonyl (C=O) groups excluding carboxylic acids is 1. The summed E-state index contributed by atoms with van der Waals surface area (Å²) in [6.07, 6.45) is 4.76. The van der Waals surface area contributed by atoms with Crippen molar-refractivity contribution in [3.63, 3.8) is 0 Å². The van der Waals surface area contributed by atoms with Gasteiger partial charge >= 0.3 is 0 Å². The van der Waals surface area contributed by atoms with Crippen molar-refractivity contribution in [3.05, 3.63) is 83.4 Å². The molecule has 0 saturated heterocycles. The number of amides is 1. The Bertz CT molecular complexity index is 821. The summed E-state index contributed by atoms with van der Waals surface area (Å²) in [5.41, 5.74) is 2.03. The van der Waals surface area contributed by atoms with Gasteiger partial charge in [0, 0.05) is 11.3 Å². The van der Waals surface area contributed by atoms with Crippen LogP contribution in [0.5, 0.6) is 0 Å². The maximum absolute atomic E-state index is 12.2. The Morgan fingerprint density at radius 1 is 0.957 bits per heavy atom. The molecule has 110 valence electrons. The van der Waals surface area contributed by atoms with Gasteiger partial charge in [0.15, 0.2) is 0 Å². The summed E-state index contributed by atoms with van der Waals surface area (Å²) < 4.78 is 0. The molecule has 1 amide bonds. The van der Waals surface area contributed by atoms with Gasteiger partial charge in [0.05, 0.1) is 0 Å². The number of benzene rings is 2. The van der Waals surface area contributed by atoms with Gasteiger partial charge in [-0.15, -0.1) is 0 Å². The van der Waals surface area contributed by atoms with Crippen LogP contribution in [0.2, 0.25) is 0 Å². The van der Waals surface area contributed by atoms with Gasteiger partial charge in [0.2, 0.25) is 0 Å². The molecule has 0 atom stereocenters. The summed E-state index contributed by atoms with van der Waals surface area (Å²) in [5, 5.41) is 20.2. The van der Waals surface area contributed by atoms with Gasteiger partial charge in [-0.1, -0.05) is 48.6 Å². The fourth-order valence-corrected chi connectivity index (χ4v) is 1.89. The molecule has 0 spiro atoms. The number of hydrogen-bond donors (Lipinski definition) is 1. The maximum atomic E-state index is 12.2. The van der Waals surface area contributed by atoms with E-state index in [2.05, 4.69) is 5.32 Å². The van der Waals surface area contributed by atoms with E-state index in [9.17, 15) is 4.79 Å². The number of allylic oxidation sites excluding steroid dienone is 3. The van der Waals surface area contributed by atoms with Crippen molar-refractivity contribution in [1.82, 2.24) is 0 Å². The first-order valence-corrected chi connectivity index (χ1v) is 6.88. The minimum absolute atomic E-state index is 0.0204. The Kier molecular flexibility index (Phi) is 5.46. The number of hydrogen-bond acceptors (Lipinski definition) is 3.